The van der Waals surface area contributed by atoms with Crippen LogP contribution in [0.1, 0.15) is 45.9 Å². The second kappa shape index (κ2) is 15.3. The van der Waals surface area contributed by atoms with Gasteiger partial charge >= 0.3 is 12.5 Å². The molecule has 1 aliphatic rings. The van der Waals surface area contributed by atoms with Gasteiger partial charge in [-0.2, -0.15) is 17.6 Å². The molecule has 2 N–H and O–H groups in total. The van der Waals surface area contributed by atoms with E-state index in [1.54, 1.807) is 7.05 Å². The molecule has 0 aromatic heterocycles. The number of ether oxygens (including phenoxy) is 1. The lowest BCUT2D eigenvalue weighted by atomic mass is 9.88. The van der Waals surface area contributed by atoms with Gasteiger partial charge in [0, 0.05) is 24.9 Å². The molecule has 0 spiro atoms. The summed E-state index contributed by atoms with van der Waals surface area (Å²) in [6.45, 7) is 2.08. The number of nitrogens with one attached hydrogen (secondary N) is 2. The first-order valence-electron chi connectivity index (χ1n) is 12.4. The fraction of sp³-hybridized carbons (Fsp3) is 0.310. The molecule has 1 aliphatic carbocycles. The highest BCUT2D eigenvalue weighted by molar-refractivity contribution is 5.75. The minimum absolute atomic E-state index is 0.0174. The third-order valence-electron chi connectivity index (χ3n) is 5.89. The molecule has 1 amide bonds. The summed E-state index contributed by atoms with van der Waals surface area (Å²) in [4.78, 5) is 21.7. The van der Waals surface area contributed by atoms with Gasteiger partial charge in [-0.15, -0.1) is 0 Å². The van der Waals surface area contributed by atoms with Crippen LogP contribution in [0.25, 0.3) is 0 Å². The van der Waals surface area contributed by atoms with E-state index in [9.17, 15) is 44.7 Å². The van der Waals surface area contributed by atoms with E-state index in [4.69, 9.17) is 0 Å². The van der Waals surface area contributed by atoms with Crippen molar-refractivity contribution < 1.29 is 49.4 Å². The van der Waals surface area contributed by atoms with Crippen LogP contribution in [0.3, 0.4) is 0 Å². The number of alkyl halides is 6. The predicted molar refractivity (Wildman–Crippen MR) is 139 cm³/mol. The number of carbonyl (C=O) groups excluding carboxylic acids is 2. The summed E-state index contributed by atoms with van der Waals surface area (Å²) in [5.41, 5.74) is 0.915. The van der Waals surface area contributed by atoms with Crippen LogP contribution in [0.2, 0.25) is 0 Å². The molecular formula is C29H28F8N2O3. The van der Waals surface area contributed by atoms with Crippen molar-refractivity contribution in [2.75, 3.05) is 7.05 Å². The third kappa shape index (κ3) is 10.4. The first-order valence-corrected chi connectivity index (χ1v) is 12.4. The minimum Gasteiger partial charge on any atom is -0.428 e. The van der Waals surface area contributed by atoms with Crippen molar-refractivity contribution in [1.29, 1.82) is 0 Å². The predicted octanol–water partition coefficient (Wildman–Crippen LogP) is 6.85. The maximum Gasteiger partial charge on any atom is 0.461 e. The second-order valence-electron chi connectivity index (χ2n) is 9.21. The van der Waals surface area contributed by atoms with E-state index in [0.717, 1.165) is 24.3 Å². The molecule has 228 valence electrons. The lowest BCUT2D eigenvalue weighted by molar-refractivity contribution is -0.253. The summed E-state index contributed by atoms with van der Waals surface area (Å²) in [6.07, 6.45) is -8.57. The third-order valence-corrected chi connectivity index (χ3v) is 5.89. The summed E-state index contributed by atoms with van der Waals surface area (Å²) in [6, 6.07) is 14.4. The summed E-state index contributed by atoms with van der Waals surface area (Å²) in [5, 5.41) is 5.03. The molecule has 0 bridgehead atoms. The van der Waals surface area contributed by atoms with E-state index in [-0.39, 0.29) is 48.3 Å². The van der Waals surface area contributed by atoms with Gasteiger partial charge in [-0.25, -0.2) is 17.6 Å². The van der Waals surface area contributed by atoms with Gasteiger partial charge in [-0.1, -0.05) is 42.0 Å². The van der Waals surface area contributed by atoms with Crippen molar-refractivity contribution in [2.24, 2.45) is 0 Å². The van der Waals surface area contributed by atoms with Gasteiger partial charge in [0.25, 0.3) is 5.92 Å². The van der Waals surface area contributed by atoms with Crippen LogP contribution >= 0.6 is 0 Å². The summed E-state index contributed by atoms with van der Waals surface area (Å²) >= 11 is 0. The van der Waals surface area contributed by atoms with Crippen molar-refractivity contribution in [3.05, 3.63) is 101 Å². The van der Waals surface area contributed by atoms with E-state index >= 15 is 0 Å². The molecule has 1 atom stereocenters. The van der Waals surface area contributed by atoms with Crippen LogP contribution in [-0.4, -0.2) is 44.2 Å². The zero-order valence-corrected chi connectivity index (χ0v) is 22.4. The van der Waals surface area contributed by atoms with Crippen LogP contribution in [0.4, 0.5) is 35.1 Å². The molecule has 1 saturated carbocycles. The smallest absolute Gasteiger partial charge is 0.428 e. The normalized spacial score (nSPS) is 14.7. The minimum atomic E-state index is -4.86. The highest BCUT2D eigenvalue weighted by atomic mass is 19.3. The van der Waals surface area contributed by atoms with Crippen LogP contribution in [0.15, 0.2) is 66.7 Å². The van der Waals surface area contributed by atoms with Gasteiger partial charge in [0.15, 0.2) is 6.29 Å². The summed E-state index contributed by atoms with van der Waals surface area (Å²) in [7, 11) is 1.71. The topological polar surface area (TPSA) is 67.4 Å². The summed E-state index contributed by atoms with van der Waals surface area (Å²) in [5.74, 6) is -5.24. The molecule has 0 unspecified atom stereocenters. The first-order chi connectivity index (χ1) is 19.7. The van der Waals surface area contributed by atoms with Gasteiger partial charge in [0.05, 0.1) is 11.6 Å². The van der Waals surface area contributed by atoms with Gasteiger partial charge in [0.1, 0.15) is 17.4 Å². The lowest BCUT2D eigenvalue weighted by Crippen LogP contribution is -2.46. The number of rotatable bonds is 9. The molecule has 5 nitrogen and oxygen atoms in total. The Morgan fingerprint density at radius 3 is 2.05 bits per heavy atom. The fourth-order valence-corrected chi connectivity index (χ4v) is 3.70. The van der Waals surface area contributed by atoms with E-state index in [0.29, 0.717) is 6.07 Å². The Balaban J connectivity index is 0.000000330. The molecular weight excluding hydrogens is 576 g/mol. The lowest BCUT2D eigenvalue weighted by Gasteiger charge is -2.34. The van der Waals surface area contributed by atoms with E-state index in [1.165, 1.54) is 11.6 Å². The Hall–Kier alpha value is -4.00. The molecule has 42 heavy (non-hydrogen) atoms. The van der Waals surface area contributed by atoms with Gasteiger partial charge in [-0.3, -0.25) is 9.59 Å². The molecule has 0 aliphatic heterocycles. The molecule has 3 aromatic carbocycles. The quantitative estimate of drug-likeness (QED) is 0.207. The van der Waals surface area contributed by atoms with Gasteiger partial charge < -0.3 is 15.4 Å². The highest BCUT2D eigenvalue weighted by Gasteiger charge is 2.45. The summed E-state index contributed by atoms with van der Waals surface area (Å²) < 4.78 is 106. The van der Waals surface area contributed by atoms with Crippen molar-refractivity contribution in [2.45, 2.75) is 50.3 Å². The fourth-order valence-electron chi connectivity index (χ4n) is 3.70. The number of hydrogen-bond acceptors (Lipinski definition) is 4. The zero-order valence-electron chi connectivity index (χ0n) is 22.4. The second-order valence-corrected chi connectivity index (χ2v) is 9.21. The van der Waals surface area contributed by atoms with Crippen molar-refractivity contribution >= 4 is 12.7 Å². The number of benzene rings is 3. The molecule has 0 saturated heterocycles. The maximum atomic E-state index is 13.8. The number of aldehydes is 1. The molecule has 1 fully saturated rings. The van der Waals surface area contributed by atoms with Crippen LogP contribution in [0.5, 0.6) is 5.75 Å². The Labute approximate surface area is 236 Å². The zero-order chi connectivity index (χ0) is 31.5. The average Bonchev–Trinajstić information content (AvgIpc) is 2.91. The van der Waals surface area contributed by atoms with Crippen LogP contribution in [-0.2, 0) is 4.79 Å². The Morgan fingerprint density at radius 2 is 1.60 bits per heavy atom. The Bertz CT molecular complexity index is 1300. The SMILES string of the molecule is CNC1CC(F)(F)C1.Cc1ccccc1.O=CN[C@@H](c1cc(F)cc(OC(F)(F)C(F)F)c1)c1ccc(F)c(C=O)c1. The number of hydrogen-bond donors (Lipinski definition) is 2. The van der Waals surface area contributed by atoms with Crippen molar-refractivity contribution in [1.82, 2.24) is 10.6 Å². The molecule has 3 aromatic rings. The first kappa shape index (κ1) is 34.2. The number of halogens is 8. The highest BCUT2D eigenvalue weighted by Crippen LogP contribution is 2.37. The Morgan fingerprint density at radius 1 is 0.952 bits per heavy atom. The van der Waals surface area contributed by atoms with E-state index in [2.05, 4.69) is 34.4 Å². The van der Waals surface area contributed by atoms with E-state index < -0.39 is 41.9 Å². The van der Waals surface area contributed by atoms with Crippen LogP contribution < -0.4 is 15.4 Å². The van der Waals surface area contributed by atoms with Gasteiger partial charge in [-0.05, 0) is 49.4 Å². The molecule has 4 rings (SSSR count). The molecule has 0 radical (unpaired) electrons. The van der Waals surface area contributed by atoms with E-state index in [1.807, 2.05) is 18.2 Å². The largest absolute Gasteiger partial charge is 0.461 e. The monoisotopic (exact) mass is 604 g/mol. The number of aryl methyl sites for hydroxylation is 1. The van der Waals surface area contributed by atoms with Crippen molar-refractivity contribution in [3.63, 3.8) is 0 Å². The standard InChI is InChI=1S/C17H11F6NO3.C7H8.C5H9F2N/c18-12-4-10(5-13(6-12)27-17(22,23)16(20)21)15(24-8-26)9-1-2-14(19)11(3-9)7-25;1-7-5-3-2-4-6-7;1-8-4-2-5(6,7)3-4/h1-8,15-16H,(H,24,26);2-6H,1H3;4,8H,2-3H2,1H3/t15-;;/m1../s1. The van der Waals surface area contributed by atoms with Crippen molar-refractivity contribution in [3.8, 4) is 5.75 Å². The average molecular weight is 605 g/mol. The number of amides is 1. The Kier molecular flexibility index (Phi) is 12.5. The van der Waals surface area contributed by atoms with Gasteiger partial charge in [0.2, 0.25) is 6.41 Å². The molecule has 0 heterocycles. The number of carbonyl (C=O) groups is 2. The molecule has 13 heteroatoms. The van der Waals surface area contributed by atoms with Crippen LogP contribution in [0, 0.1) is 18.6 Å². The maximum absolute atomic E-state index is 13.8.